The fourth-order valence-electron chi connectivity index (χ4n) is 2.28. The zero-order chi connectivity index (χ0) is 18.7. The first-order valence-electron chi connectivity index (χ1n) is 7.61. The van der Waals surface area contributed by atoms with E-state index >= 15 is 0 Å². The Labute approximate surface area is 155 Å². The van der Waals surface area contributed by atoms with Gasteiger partial charge in [-0.05, 0) is 30.3 Å². The van der Waals surface area contributed by atoms with Crippen molar-refractivity contribution in [3.05, 3.63) is 70.9 Å². The number of benzene rings is 2. The minimum atomic E-state index is -3.76. The number of carbonyl (C=O) groups is 1. The summed E-state index contributed by atoms with van der Waals surface area (Å²) in [6.45, 7) is 0. The van der Waals surface area contributed by atoms with E-state index in [2.05, 4.69) is 5.32 Å². The summed E-state index contributed by atoms with van der Waals surface area (Å²) in [6, 6.07) is 16.2. The highest BCUT2D eigenvalue weighted by Crippen LogP contribution is 2.26. The summed E-state index contributed by atoms with van der Waals surface area (Å²) in [5.74, 6) is -0.411. The summed E-state index contributed by atoms with van der Waals surface area (Å²) in [5, 5.41) is 13.5. The van der Waals surface area contributed by atoms with Crippen molar-refractivity contribution in [3.63, 3.8) is 0 Å². The third-order valence-electron chi connectivity index (χ3n) is 3.68. The van der Waals surface area contributed by atoms with Crippen molar-refractivity contribution in [3.8, 4) is 5.75 Å². The molecule has 0 spiro atoms. The minimum absolute atomic E-state index is 0.0294. The SMILES string of the molecule is CN(c1ccccc1)S(=O)(=O)c1csc(C(=O)Nc2cccc(O)c2)c1. The maximum atomic E-state index is 12.7. The Balaban J connectivity index is 1.81. The van der Waals surface area contributed by atoms with Crippen LogP contribution in [-0.4, -0.2) is 26.5 Å². The number of sulfonamides is 1. The quantitative estimate of drug-likeness (QED) is 0.700. The Hall–Kier alpha value is -2.84. The van der Waals surface area contributed by atoms with E-state index in [9.17, 15) is 18.3 Å². The Morgan fingerprint density at radius 3 is 2.50 bits per heavy atom. The summed E-state index contributed by atoms with van der Waals surface area (Å²) >= 11 is 1.04. The molecule has 0 aliphatic heterocycles. The predicted octanol–water partition coefficient (Wildman–Crippen LogP) is 3.53. The highest BCUT2D eigenvalue weighted by Gasteiger charge is 2.24. The summed E-state index contributed by atoms with van der Waals surface area (Å²) < 4.78 is 26.7. The number of amides is 1. The molecule has 0 unspecified atom stereocenters. The van der Waals surface area contributed by atoms with Gasteiger partial charge in [0.1, 0.15) is 5.75 Å². The van der Waals surface area contributed by atoms with Crippen molar-refractivity contribution >= 4 is 38.6 Å². The number of hydrogen-bond acceptors (Lipinski definition) is 5. The first-order chi connectivity index (χ1) is 12.4. The van der Waals surface area contributed by atoms with Crippen LogP contribution in [0.25, 0.3) is 0 Å². The van der Waals surface area contributed by atoms with Crippen molar-refractivity contribution in [2.45, 2.75) is 4.90 Å². The third kappa shape index (κ3) is 3.71. The van der Waals surface area contributed by atoms with Gasteiger partial charge in [0.2, 0.25) is 0 Å². The van der Waals surface area contributed by atoms with Crippen LogP contribution in [0.3, 0.4) is 0 Å². The maximum absolute atomic E-state index is 12.7. The van der Waals surface area contributed by atoms with Gasteiger partial charge < -0.3 is 10.4 Å². The molecule has 3 aromatic rings. The van der Waals surface area contributed by atoms with E-state index in [4.69, 9.17) is 0 Å². The molecule has 0 bridgehead atoms. The zero-order valence-corrected chi connectivity index (χ0v) is 15.4. The smallest absolute Gasteiger partial charge is 0.265 e. The number of rotatable bonds is 5. The van der Waals surface area contributed by atoms with Gasteiger partial charge >= 0.3 is 0 Å². The standard InChI is InChI=1S/C18H16N2O4S2/c1-20(14-7-3-2-4-8-14)26(23,24)16-11-17(25-12-16)18(22)19-13-6-5-9-15(21)10-13/h2-12,21H,1H3,(H,19,22). The number of thiophene rings is 1. The van der Waals surface area contributed by atoms with Gasteiger partial charge in [0.25, 0.3) is 15.9 Å². The molecule has 26 heavy (non-hydrogen) atoms. The highest BCUT2D eigenvalue weighted by atomic mass is 32.2. The number of phenolic OH excluding ortho intramolecular Hbond substituents is 1. The lowest BCUT2D eigenvalue weighted by atomic mass is 10.3. The fourth-order valence-corrected chi connectivity index (χ4v) is 4.64. The largest absolute Gasteiger partial charge is 0.508 e. The lowest BCUT2D eigenvalue weighted by molar-refractivity contribution is 0.103. The lowest BCUT2D eigenvalue weighted by Gasteiger charge is -2.18. The molecule has 1 heterocycles. The highest BCUT2D eigenvalue weighted by molar-refractivity contribution is 7.93. The maximum Gasteiger partial charge on any atom is 0.265 e. The van der Waals surface area contributed by atoms with E-state index in [-0.39, 0.29) is 15.5 Å². The van der Waals surface area contributed by atoms with Crippen LogP contribution < -0.4 is 9.62 Å². The molecule has 0 atom stereocenters. The van der Waals surface area contributed by atoms with Gasteiger partial charge in [-0.15, -0.1) is 11.3 Å². The molecule has 1 aromatic heterocycles. The predicted molar refractivity (Wildman–Crippen MR) is 102 cm³/mol. The van der Waals surface area contributed by atoms with Crippen LogP contribution in [0.2, 0.25) is 0 Å². The van der Waals surface area contributed by atoms with Crippen molar-refractivity contribution in [2.75, 3.05) is 16.7 Å². The number of anilines is 2. The molecule has 0 radical (unpaired) electrons. The molecule has 0 aliphatic rings. The molecule has 0 fully saturated rings. The van der Waals surface area contributed by atoms with Gasteiger partial charge in [0.05, 0.1) is 15.5 Å². The Kier molecular flexibility index (Phi) is 4.97. The summed E-state index contributed by atoms with van der Waals surface area (Å²) in [5.41, 5.74) is 0.957. The van der Waals surface area contributed by atoms with Crippen LogP contribution in [0.5, 0.6) is 5.75 Å². The average Bonchev–Trinajstić information content (AvgIpc) is 3.13. The molecule has 1 amide bonds. The van der Waals surface area contributed by atoms with E-state index in [1.165, 1.54) is 34.9 Å². The van der Waals surface area contributed by atoms with Crippen LogP contribution in [0.4, 0.5) is 11.4 Å². The molecule has 134 valence electrons. The minimum Gasteiger partial charge on any atom is -0.508 e. The summed E-state index contributed by atoms with van der Waals surface area (Å²) in [4.78, 5) is 12.6. The normalized spacial score (nSPS) is 11.1. The molecule has 0 saturated heterocycles. The van der Waals surface area contributed by atoms with Gasteiger partial charge in [0, 0.05) is 24.2 Å². The molecule has 6 nitrogen and oxygen atoms in total. The van der Waals surface area contributed by atoms with Crippen LogP contribution in [0.15, 0.2) is 70.9 Å². The first-order valence-corrected chi connectivity index (χ1v) is 9.93. The number of nitrogens with zero attached hydrogens (tertiary/aromatic N) is 1. The molecule has 8 heteroatoms. The molecular weight excluding hydrogens is 372 g/mol. The second kappa shape index (κ2) is 7.19. The van der Waals surface area contributed by atoms with Gasteiger partial charge in [0.15, 0.2) is 0 Å². The zero-order valence-electron chi connectivity index (χ0n) is 13.8. The second-order valence-corrected chi connectivity index (χ2v) is 8.34. The molecule has 2 aromatic carbocycles. The Bertz CT molecular complexity index is 1030. The van der Waals surface area contributed by atoms with Crippen molar-refractivity contribution in [1.82, 2.24) is 0 Å². The van der Waals surface area contributed by atoms with Crippen molar-refractivity contribution in [2.24, 2.45) is 0 Å². The molecule has 2 N–H and O–H groups in total. The molecule has 0 saturated carbocycles. The first kappa shape index (κ1) is 18.0. The van der Waals surface area contributed by atoms with Crippen LogP contribution in [0, 0.1) is 0 Å². The Morgan fingerprint density at radius 1 is 1.08 bits per heavy atom. The van der Waals surface area contributed by atoms with E-state index < -0.39 is 15.9 Å². The van der Waals surface area contributed by atoms with Crippen LogP contribution >= 0.6 is 11.3 Å². The van der Waals surface area contributed by atoms with E-state index in [0.717, 1.165) is 11.3 Å². The topological polar surface area (TPSA) is 86.7 Å². The molecular formula is C18H16N2O4S2. The van der Waals surface area contributed by atoms with Crippen LogP contribution in [0.1, 0.15) is 9.67 Å². The number of nitrogens with one attached hydrogen (secondary N) is 1. The summed E-state index contributed by atoms with van der Waals surface area (Å²) in [6.07, 6.45) is 0. The van der Waals surface area contributed by atoms with E-state index in [0.29, 0.717) is 11.4 Å². The number of para-hydroxylation sites is 1. The molecule has 0 aliphatic carbocycles. The Morgan fingerprint density at radius 2 is 1.81 bits per heavy atom. The monoisotopic (exact) mass is 388 g/mol. The fraction of sp³-hybridized carbons (Fsp3) is 0.0556. The van der Waals surface area contributed by atoms with Crippen molar-refractivity contribution in [1.29, 1.82) is 0 Å². The molecule has 3 rings (SSSR count). The average molecular weight is 388 g/mol. The number of carbonyl (C=O) groups excluding carboxylic acids is 1. The number of aromatic hydroxyl groups is 1. The van der Waals surface area contributed by atoms with E-state index in [1.54, 1.807) is 42.5 Å². The number of phenols is 1. The van der Waals surface area contributed by atoms with Gasteiger partial charge in [-0.2, -0.15) is 0 Å². The van der Waals surface area contributed by atoms with Gasteiger partial charge in [-0.1, -0.05) is 24.3 Å². The third-order valence-corrected chi connectivity index (χ3v) is 6.52. The number of hydrogen-bond donors (Lipinski definition) is 2. The van der Waals surface area contributed by atoms with Crippen molar-refractivity contribution < 1.29 is 18.3 Å². The van der Waals surface area contributed by atoms with Crippen LogP contribution in [-0.2, 0) is 10.0 Å². The van der Waals surface area contributed by atoms with Gasteiger partial charge in [-0.25, -0.2) is 8.42 Å². The van der Waals surface area contributed by atoms with Gasteiger partial charge in [-0.3, -0.25) is 9.10 Å². The second-order valence-electron chi connectivity index (χ2n) is 5.46. The lowest BCUT2D eigenvalue weighted by Crippen LogP contribution is -2.26. The van der Waals surface area contributed by atoms with E-state index in [1.807, 2.05) is 0 Å². The summed E-state index contributed by atoms with van der Waals surface area (Å²) in [7, 11) is -2.29.